The van der Waals surface area contributed by atoms with Crippen molar-refractivity contribution in [3.8, 4) is 0 Å². The Balaban J connectivity index is 1.96. The van der Waals surface area contributed by atoms with Gasteiger partial charge in [-0.1, -0.05) is 30.3 Å². The van der Waals surface area contributed by atoms with E-state index in [1.54, 1.807) is 11.8 Å². The second-order valence-electron chi connectivity index (χ2n) is 4.13. The third-order valence-electron chi connectivity index (χ3n) is 2.49. The number of thioether (sulfide) groups is 1. The lowest BCUT2D eigenvalue weighted by atomic mass is 10.2. The molecule has 0 aliphatic heterocycles. The van der Waals surface area contributed by atoms with E-state index < -0.39 is 0 Å². The molecular formula is C14H22N2O2S. The molecule has 1 aromatic carbocycles. The normalized spacial score (nSPS) is 10.4. The van der Waals surface area contributed by atoms with Crippen LogP contribution in [0.2, 0.25) is 0 Å². The lowest BCUT2D eigenvalue weighted by molar-refractivity contribution is -0.120. The van der Waals surface area contributed by atoms with Crippen LogP contribution >= 0.6 is 11.8 Å². The molecule has 1 amide bonds. The Labute approximate surface area is 119 Å². The zero-order valence-corrected chi connectivity index (χ0v) is 11.9. The molecule has 3 N–H and O–H groups in total. The Morgan fingerprint density at radius 1 is 1.21 bits per heavy atom. The number of aliphatic hydroxyl groups excluding tert-OH is 1. The van der Waals surface area contributed by atoms with Crippen molar-refractivity contribution in [2.75, 3.05) is 31.2 Å². The van der Waals surface area contributed by atoms with Crippen molar-refractivity contribution in [1.29, 1.82) is 0 Å². The van der Waals surface area contributed by atoms with Crippen molar-refractivity contribution in [1.82, 2.24) is 10.6 Å². The molecule has 0 radical (unpaired) electrons. The number of amides is 1. The fraction of sp³-hybridized carbons (Fsp3) is 0.500. The molecule has 0 heterocycles. The molecule has 0 atom stereocenters. The molecule has 19 heavy (non-hydrogen) atoms. The lowest BCUT2D eigenvalue weighted by Crippen LogP contribution is -2.34. The fourth-order valence-electron chi connectivity index (χ4n) is 1.47. The summed E-state index contributed by atoms with van der Waals surface area (Å²) in [4.78, 5) is 11.5. The summed E-state index contributed by atoms with van der Waals surface area (Å²) in [5.41, 5.74) is 1.11. The molecule has 0 aliphatic rings. The number of carbonyl (C=O) groups excluding carboxylic acids is 1. The maximum Gasteiger partial charge on any atom is 0.234 e. The molecule has 0 bridgehead atoms. The van der Waals surface area contributed by atoms with Gasteiger partial charge in [0.1, 0.15) is 0 Å². The van der Waals surface area contributed by atoms with E-state index in [1.165, 1.54) is 0 Å². The first-order valence-electron chi connectivity index (χ1n) is 6.53. The number of carbonyl (C=O) groups is 1. The maximum atomic E-state index is 11.5. The standard InChI is InChI=1S/C14H22N2O2S/c17-8-4-9-19-10-7-15-12-14(18)16-11-13-5-2-1-3-6-13/h1-3,5-6,15,17H,4,7-12H2,(H,16,18). The van der Waals surface area contributed by atoms with E-state index in [2.05, 4.69) is 10.6 Å². The third kappa shape index (κ3) is 8.64. The highest BCUT2D eigenvalue weighted by Gasteiger charge is 2.00. The number of rotatable bonds is 10. The second kappa shape index (κ2) is 10.8. The van der Waals surface area contributed by atoms with Crippen LogP contribution in [0.5, 0.6) is 0 Å². The summed E-state index contributed by atoms with van der Waals surface area (Å²) in [7, 11) is 0. The first kappa shape index (κ1) is 16.0. The fourth-order valence-corrected chi connectivity index (χ4v) is 2.30. The first-order valence-corrected chi connectivity index (χ1v) is 7.68. The summed E-state index contributed by atoms with van der Waals surface area (Å²) in [6.45, 7) is 2.00. The van der Waals surface area contributed by atoms with Gasteiger partial charge in [0.2, 0.25) is 5.91 Å². The van der Waals surface area contributed by atoms with Crippen LogP contribution in [0.1, 0.15) is 12.0 Å². The highest BCUT2D eigenvalue weighted by atomic mass is 32.2. The molecule has 1 rings (SSSR count). The van der Waals surface area contributed by atoms with Crippen LogP contribution in [0.4, 0.5) is 0 Å². The van der Waals surface area contributed by atoms with Crippen LogP contribution in [0.3, 0.4) is 0 Å². The highest BCUT2D eigenvalue weighted by molar-refractivity contribution is 7.99. The Bertz CT molecular complexity index is 347. The van der Waals surface area contributed by atoms with Crippen LogP contribution in [0, 0.1) is 0 Å². The van der Waals surface area contributed by atoms with Gasteiger partial charge in [0, 0.05) is 25.4 Å². The molecule has 0 saturated carbocycles. The second-order valence-corrected chi connectivity index (χ2v) is 5.35. The van der Waals surface area contributed by atoms with Crippen molar-refractivity contribution in [3.63, 3.8) is 0 Å². The summed E-state index contributed by atoms with van der Waals surface area (Å²) in [6, 6.07) is 9.87. The van der Waals surface area contributed by atoms with E-state index in [9.17, 15) is 4.79 Å². The molecule has 5 heteroatoms. The topological polar surface area (TPSA) is 61.4 Å². The molecule has 0 aromatic heterocycles. The minimum Gasteiger partial charge on any atom is -0.396 e. The number of nitrogens with one attached hydrogen (secondary N) is 2. The predicted octanol–water partition coefficient (Wildman–Crippen LogP) is 1.01. The van der Waals surface area contributed by atoms with Gasteiger partial charge in [0.05, 0.1) is 6.54 Å². The minimum atomic E-state index is 0.0178. The van der Waals surface area contributed by atoms with Gasteiger partial charge in [0.25, 0.3) is 0 Å². The molecule has 1 aromatic rings. The van der Waals surface area contributed by atoms with Crippen LogP contribution < -0.4 is 10.6 Å². The molecule has 0 aliphatic carbocycles. The summed E-state index contributed by atoms with van der Waals surface area (Å²) >= 11 is 1.79. The maximum absolute atomic E-state index is 11.5. The first-order chi connectivity index (χ1) is 9.33. The van der Waals surface area contributed by atoms with Gasteiger partial charge in [-0.05, 0) is 17.7 Å². The van der Waals surface area contributed by atoms with Crippen LogP contribution in [-0.2, 0) is 11.3 Å². The SMILES string of the molecule is O=C(CNCCSCCCO)NCc1ccccc1. The summed E-state index contributed by atoms with van der Waals surface area (Å²) in [5.74, 6) is 1.95. The van der Waals surface area contributed by atoms with Gasteiger partial charge in [-0.3, -0.25) is 4.79 Å². The number of aliphatic hydroxyl groups is 1. The van der Waals surface area contributed by atoms with Gasteiger partial charge < -0.3 is 15.7 Å². The average molecular weight is 282 g/mol. The molecule has 0 spiro atoms. The number of benzene rings is 1. The van der Waals surface area contributed by atoms with Crippen molar-refractivity contribution in [2.45, 2.75) is 13.0 Å². The third-order valence-corrected chi connectivity index (χ3v) is 3.56. The Morgan fingerprint density at radius 2 is 2.00 bits per heavy atom. The quantitative estimate of drug-likeness (QED) is 0.561. The summed E-state index contributed by atoms with van der Waals surface area (Å²) < 4.78 is 0. The highest BCUT2D eigenvalue weighted by Crippen LogP contribution is 1.99. The molecule has 106 valence electrons. The largest absolute Gasteiger partial charge is 0.396 e. The predicted molar refractivity (Wildman–Crippen MR) is 80.2 cm³/mol. The lowest BCUT2D eigenvalue weighted by Gasteiger charge is -2.06. The average Bonchev–Trinajstić information content (AvgIpc) is 2.45. The monoisotopic (exact) mass is 282 g/mol. The van der Waals surface area contributed by atoms with Crippen LogP contribution in [-0.4, -0.2) is 42.2 Å². The summed E-state index contributed by atoms with van der Waals surface area (Å²) in [5, 5.41) is 14.6. The molecule has 4 nitrogen and oxygen atoms in total. The Hall–Kier alpha value is -1.04. The van der Waals surface area contributed by atoms with Crippen molar-refractivity contribution in [3.05, 3.63) is 35.9 Å². The van der Waals surface area contributed by atoms with E-state index in [4.69, 9.17) is 5.11 Å². The van der Waals surface area contributed by atoms with E-state index in [1.807, 2.05) is 30.3 Å². The van der Waals surface area contributed by atoms with Gasteiger partial charge in [-0.25, -0.2) is 0 Å². The smallest absolute Gasteiger partial charge is 0.234 e. The zero-order chi connectivity index (χ0) is 13.8. The van der Waals surface area contributed by atoms with Crippen LogP contribution in [0.15, 0.2) is 30.3 Å². The molecule has 0 fully saturated rings. The van der Waals surface area contributed by atoms with Crippen molar-refractivity contribution < 1.29 is 9.90 Å². The van der Waals surface area contributed by atoms with Gasteiger partial charge in [-0.15, -0.1) is 0 Å². The Kier molecular flexibility index (Phi) is 9.14. The van der Waals surface area contributed by atoms with E-state index in [0.29, 0.717) is 13.1 Å². The van der Waals surface area contributed by atoms with Crippen LogP contribution in [0.25, 0.3) is 0 Å². The number of hydrogen-bond donors (Lipinski definition) is 3. The molecule has 0 unspecified atom stereocenters. The van der Waals surface area contributed by atoms with Crippen molar-refractivity contribution >= 4 is 17.7 Å². The van der Waals surface area contributed by atoms with E-state index in [0.717, 1.165) is 30.0 Å². The van der Waals surface area contributed by atoms with E-state index >= 15 is 0 Å². The van der Waals surface area contributed by atoms with Crippen molar-refractivity contribution in [2.24, 2.45) is 0 Å². The van der Waals surface area contributed by atoms with E-state index in [-0.39, 0.29) is 12.5 Å². The zero-order valence-electron chi connectivity index (χ0n) is 11.1. The summed E-state index contributed by atoms with van der Waals surface area (Å²) in [6.07, 6.45) is 0.836. The molecular weight excluding hydrogens is 260 g/mol. The van der Waals surface area contributed by atoms with Gasteiger partial charge >= 0.3 is 0 Å². The number of hydrogen-bond acceptors (Lipinski definition) is 4. The van der Waals surface area contributed by atoms with Gasteiger partial charge in [-0.2, -0.15) is 11.8 Å². The van der Waals surface area contributed by atoms with Gasteiger partial charge in [0.15, 0.2) is 0 Å². The minimum absolute atomic E-state index is 0.0178. The molecule has 0 saturated heterocycles. The Morgan fingerprint density at radius 3 is 2.74 bits per heavy atom.